The van der Waals surface area contributed by atoms with E-state index in [4.69, 9.17) is 15.0 Å². The van der Waals surface area contributed by atoms with Gasteiger partial charge in [-0.1, -0.05) is 158 Å². The van der Waals surface area contributed by atoms with Crippen molar-refractivity contribution in [2.45, 2.75) is 0 Å². The van der Waals surface area contributed by atoms with E-state index >= 15 is 0 Å². The van der Waals surface area contributed by atoms with Gasteiger partial charge in [0, 0.05) is 16.7 Å². The van der Waals surface area contributed by atoms with E-state index in [1.807, 2.05) is 36.4 Å². The topological polar surface area (TPSA) is 38.7 Å². The highest BCUT2D eigenvalue weighted by Crippen LogP contribution is 2.35. The van der Waals surface area contributed by atoms with Crippen molar-refractivity contribution >= 4 is 21.5 Å². The normalized spacial score (nSPS) is 11.2. The molecule has 3 nitrogen and oxygen atoms in total. The van der Waals surface area contributed by atoms with Gasteiger partial charge in [0.1, 0.15) is 0 Å². The van der Waals surface area contributed by atoms with E-state index in [0.29, 0.717) is 17.5 Å². The summed E-state index contributed by atoms with van der Waals surface area (Å²) in [6.07, 6.45) is 0. The Hall–Kier alpha value is -6.71. The predicted octanol–water partition coefficient (Wildman–Crippen LogP) is 12.2. The quantitative estimate of drug-likeness (QED) is 0.182. The van der Waals surface area contributed by atoms with Gasteiger partial charge in [-0.15, -0.1) is 0 Å². The van der Waals surface area contributed by atoms with Gasteiger partial charge < -0.3 is 0 Å². The number of rotatable bonds is 6. The zero-order chi connectivity index (χ0) is 33.3. The molecule has 1 heterocycles. The van der Waals surface area contributed by atoms with Crippen LogP contribution in [0, 0.1) is 0 Å². The van der Waals surface area contributed by atoms with Crippen molar-refractivity contribution in [2.24, 2.45) is 0 Å². The van der Waals surface area contributed by atoms with Crippen LogP contribution in [-0.2, 0) is 0 Å². The molecule has 0 amide bonds. The average Bonchev–Trinajstić information content (AvgIpc) is 3.21. The summed E-state index contributed by atoms with van der Waals surface area (Å²) in [6.45, 7) is 0. The van der Waals surface area contributed by atoms with Crippen molar-refractivity contribution in [3.05, 3.63) is 188 Å². The summed E-state index contributed by atoms with van der Waals surface area (Å²) in [5, 5.41) is 4.84. The Bertz CT molecular complexity index is 2530. The maximum Gasteiger partial charge on any atom is 0.164 e. The van der Waals surface area contributed by atoms with Gasteiger partial charge in [0.05, 0.1) is 0 Å². The summed E-state index contributed by atoms with van der Waals surface area (Å²) in [7, 11) is 0. The Morgan fingerprint density at radius 2 is 0.540 bits per heavy atom. The van der Waals surface area contributed by atoms with Crippen molar-refractivity contribution in [3.8, 4) is 67.5 Å². The van der Waals surface area contributed by atoms with Gasteiger partial charge in [0.25, 0.3) is 0 Å². The lowest BCUT2D eigenvalue weighted by atomic mass is 9.93. The fraction of sp³-hybridized carbons (Fsp3) is 0. The maximum absolute atomic E-state index is 5.15. The molecule has 9 rings (SSSR count). The van der Waals surface area contributed by atoms with E-state index in [1.165, 1.54) is 27.1 Å². The molecular weight excluding hydrogens is 607 g/mol. The molecule has 0 atom stereocenters. The van der Waals surface area contributed by atoms with E-state index in [2.05, 4.69) is 152 Å². The summed E-state index contributed by atoms with van der Waals surface area (Å²) >= 11 is 0. The van der Waals surface area contributed by atoms with Crippen molar-refractivity contribution < 1.29 is 0 Å². The summed E-state index contributed by atoms with van der Waals surface area (Å²) in [5.74, 6) is 1.91. The SMILES string of the molecule is c1ccc(-c2ccc(-c3nc(-c4ccccc4)nc(-c4cc(-c5ccc6ccccc6c5)cc(-c5ccc6ccccc6c5)c4)n3)cc2)cc1. The largest absolute Gasteiger partial charge is 0.208 e. The minimum absolute atomic E-state index is 0.630. The minimum atomic E-state index is 0.630. The molecule has 0 N–H and O–H groups in total. The van der Waals surface area contributed by atoms with E-state index in [0.717, 1.165) is 44.5 Å². The first kappa shape index (κ1) is 29.4. The van der Waals surface area contributed by atoms with Crippen LogP contribution in [0.15, 0.2) is 188 Å². The van der Waals surface area contributed by atoms with Crippen LogP contribution in [0.25, 0.3) is 89.1 Å². The molecule has 0 aliphatic rings. The molecule has 0 aliphatic carbocycles. The lowest BCUT2D eigenvalue weighted by Crippen LogP contribution is -2.00. The fourth-order valence-electron chi connectivity index (χ4n) is 6.62. The molecule has 1 aromatic heterocycles. The van der Waals surface area contributed by atoms with Crippen LogP contribution in [0.3, 0.4) is 0 Å². The summed E-state index contributed by atoms with van der Waals surface area (Å²) < 4.78 is 0. The van der Waals surface area contributed by atoms with Gasteiger partial charge in [0.15, 0.2) is 17.5 Å². The molecule has 234 valence electrons. The van der Waals surface area contributed by atoms with Gasteiger partial charge in [-0.3, -0.25) is 0 Å². The second-order valence-corrected chi connectivity index (χ2v) is 12.5. The lowest BCUT2D eigenvalue weighted by Gasteiger charge is -2.13. The molecule has 0 saturated heterocycles. The molecule has 0 aliphatic heterocycles. The van der Waals surface area contributed by atoms with Gasteiger partial charge >= 0.3 is 0 Å². The first-order chi connectivity index (χ1) is 24.7. The average molecular weight is 638 g/mol. The first-order valence-corrected chi connectivity index (χ1v) is 16.8. The number of hydrogen-bond acceptors (Lipinski definition) is 3. The van der Waals surface area contributed by atoms with Gasteiger partial charge in [0.2, 0.25) is 0 Å². The van der Waals surface area contributed by atoms with Crippen LogP contribution in [0.5, 0.6) is 0 Å². The minimum Gasteiger partial charge on any atom is -0.208 e. The molecular formula is C47H31N3. The highest BCUT2D eigenvalue weighted by molar-refractivity contribution is 5.91. The van der Waals surface area contributed by atoms with Crippen LogP contribution < -0.4 is 0 Å². The number of benzene rings is 8. The lowest BCUT2D eigenvalue weighted by molar-refractivity contribution is 1.07. The number of nitrogens with zero attached hydrogens (tertiary/aromatic N) is 3. The molecule has 0 spiro atoms. The molecule has 0 saturated carbocycles. The Morgan fingerprint density at radius 3 is 1.06 bits per heavy atom. The van der Waals surface area contributed by atoms with E-state index < -0.39 is 0 Å². The summed E-state index contributed by atoms with van der Waals surface area (Å²) in [6, 6.07) is 66.0. The standard InChI is InChI=1S/C47H31N3/c1-3-11-32(12-4-1)35-19-23-37(24-20-35)46-48-45(36-15-5-2-6-16-36)49-47(50-46)44-30-42(40-25-21-33-13-7-9-17-38(33)27-40)29-43(31-44)41-26-22-34-14-8-10-18-39(34)28-41/h1-31H. The molecule has 8 aromatic carbocycles. The van der Waals surface area contributed by atoms with Crippen LogP contribution in [0.1, 0.15) is 0 Å². The van der Waals surface area contributed by atoms with Crippen molar-refractivity contribution in [2.75, 3.05) is 0 Å². The van der Waals surface area contributed by atoms with Crippen molar-refractivity contribution in [1.29, 1.82) is 0 Å². The molecule has 0 radical (unpaired) electrons. The molecule has 9 aromatic rings. The fourth-order valence-corrected chi connectivity index (χ4v) is 6.62. The van der Waals surface area contributed by atoms with Crippen LogP contribution in [-0.4, -0.2) is 15.0 Å². The van der Waals surface area contributed by atoms with Gasteiger partial charge in [-0.25, -0.2) is 15.0 Å². The number of hydrogen-bond donors (Lipinski definition) is 0. The monoisotopic (exact) mass is 637 g/mol. The van der Waals surface area contributed by atoms with E-state index in [1.54, 1.807) is 0 Å². The number of fused-ring (bicyclic) bond motifs is 2. The zero-order valence-electron chi connectivity index (χ0n) is 27.2. The number of aromatic nitrogens is 3. The van der Waals surface area contributed by atoms with E-state index in [-0.39, 0.29) is 0 Å². The Labute approximate surface area is 291 Å². The summed E-state index contributed by atoms with van der Waals surface area (Å²) in [5.41, 5.74) is 9.62. The Balaban J connectivity index is 1.23. The first-order valence-electron chi connectivity index (χ1n) is 16.8. The zero-order valence-corrected chi connectivity index (χ0v) is 27.2. The van der Waals surface area contributed by atoms with Crippen molar-refractivity contribution in [1.82, 2.24) is 15.0 Å². The molecule has 50 heavy (non-hydrogen) atoms. The molecule has 0 fully saturated rings. The third-order valence-corrected chi connectivity index (χ3v) is 9.27. The van der Waals surface area contributed by atoms with Crippen LogP contribution in [0.4, 0.5) is 0 Å². The third-order valence-electron chi connectivity index (χ3n) is 9.27. The molecule has 3 heteroatoms. The van der Waals surface area contributed by atoms with Gasteiger partial charge in [-0.05, 0) is 85.3 Å². The van der Waals surface area contributed by atoms with Crippen molar-refractivity contribution in [3.63, 3.8) is 0 Å². The maximum atomic E-state index is 5.15. The van der Waals surface area contributed by atoms with Crippen LogP contribution in [0.2, 0.25) is 0 Å². The Kier molecular flexibility index (Phi) is 7.49. The van der Waals surface area contributed by atoms with E-state index in [9.17, 15) is 0 Å². The smallest absolute Gasteiger partial charge is 0.164 e. The molecule has 0 bridgehead atoms. The highest BCUT2D eigenvalue weighted by Gasteiger charge is 2.15. The third kappa shape index (κ3) is 5.82. The molecule has 0 unspecified atom stereocenters. The predicted molar refractivity (Wildman–Crippen MR) is 207 cm³/mol. The van der Waals surface area contributed by atoms with Crippen LogP contribution >= 0.6 is 0 Å². The Morgan fingerprint density at radius 1 is 0.200 bits per heavy atom. The highest BCUT2D eigenvalue weighted by atomic mass is 15.0. The second-order valence-electron chi connectivity index (χ2n) is 12.5. The second kappa shape index (κ2) is 12.7. The summed E-state index contributed by atoms with van der Waals surface area (Å²) in [4.78, 5) is 15.3. The van der Waals surface area contributed by atoms with Gasteiger partial charge in [-0.2, -0.15) is 0 Å².